The Morgan fingerprint density at radius 3 is 2.78 bits per heavy atom. The second kappa shape index (κ2) is 6.62. The maximum Gasteiger partial charge on any atom is 0.0646 e. The minimum absolute atomic E-state index is 0.459. The molecule has 2 aromatic rings. The normalized spacial score (nSPS) is 11.1. The Morgan fingerprint density at radius 2 is 2.11 bits per heavy atom. The summed E-state index contributed by atoms with van der Waals surface area (Å²) in [5.74, 6) is 0. The van der Waals surface area contributed by atoms with E-state index in [4.69, 9.17) is 11.6 Å². The van der Waals surface area contributed by atoms with Gasteiger partial charge in [0.1, 0.15) is 0 Å². The lowest BCUT2D eigenvalue weighted by atomic mass is 10.2. The zero-order chi connectivity index (χ0) is 13.0. The molecule has 96 valence electrons. The van der Waals surface area contributed by atoms with Gasteiger partial charge in [0.15, 0.2) is 0 Å². The fourth-order valence-corrected chi connectivity index (χ4v) is 3.73. The maximum atomic E-state index is 6.30. The topological polar surface area (TPSA) is 12.0 Å². The number of halogens is 1. The van der Waals surface area contributed by atoms with Crippen molar-refractivity contribution >= 4 is 34.7 Å². The number of nitrogens with one attached hydrogen (secondary N) is 1. The zero-order valence-corrected chi connectivity index (χ0v) is 12.8. The van der Waals surface area contributed by atoms with Crippen molar-refractivity contribution in [1.29, 1.82) is 0 Å². The van der Waals surface area contributed by atoms with Gasteiger partial charge in [-0.1, -0.05) is 49.3 Å². The van der Waals surface area contributed by atoms with Crippen molar-refractivity contribution in [1.82, 2.24) is 5.32 Å². The van der Waals surface area contributed by atoms with E-state index in [-0.39, 0.29) is 0 Å². The van der Waals surface area contributed by atoms with Gasteiger partial charge in [0.05, 0.1) is 4.21 Å². The van der Waals surface area contributed by atoms with Crippen molar-refractivity contribution in [2.45, 2.75) is 35.5 Å². The highest BCUT2D eigenvalue weighted by Gasteiger charge is 2.09. The Hall–Kier alpha value is -0.480. The van der Waals surface area contributed by atoms with Gasteiger partial charge in [-0.2, -0.15) is 0 Å². The van der Waals surface area contributed by atoms with Crippen molar-refractivity contribution in [3.63, 3.8) is 0 Å². The number of hydrogen-bond acceptors (Lipinski definition) is 3. The Morgan fingerprint density at radius 1 is 1.28 bits per heavy atom. The van der Waals surface area contributed by atoms with Crippen molar-refractivity contribution in [2.24, 2.45) is 0 Å². The molecule has 0 aliphatic carbocycles. The van der Waals surface area contributed by atoms with Gasteiger partial charge in [0.25, 0.3) is 0 Å². The summed E-state index contributed by atoms with van der Waals surface area (Å²) in [7, 11) is 0. The third kappa shape index (κ3) is 3.75. The molecule has 0 saturated carbocycles. The predicted octanol–water partition coefficient (Wildman–Crippen LogP) is 5.05. The molecule has 0 bridgehead atoms. The van der Waals surface area contributed by atoms with E-state index >= 15 is 0 Å². The largest absolute Gasteiger partial charge is 0.310 e. The SMILES string of the molecule is CC(C)NCc1c(Cl)cccc1Sc1cccs1. The average Bonchev–Trinajstić information content (AvgIpc) is 2.81. The first-order chi connectivity index (χ1) is 8.66. The molecule has 0 fully saturated rings. The summed E-state index contributed by atoms with van der Waals surface area (Å²) in [6, 6.07) is 10.8. The van der Waals surface area contributed by atoms with Gasteiger partial charge in [-0.3, -0.25) is 0 Å². The lowest BCUT2D eigenvalue weighted by molar-refractivity contribution is 0.585. The van der Waals surface area contributed by atoms with E-state index in [2.05, 4.69) is 42.7 Å². The van der Waals surface area contributed by atoms with Gasteiger partial charge in [-0.05, 0) is 29.1 Å². The highest BCUT2D eigenvalue weighted by Crippen LogP contribution is 2.36. The molecular weight excluding hydrogens is 282 g/mol. The van der Waals surface area contributed by atoms with Crippen LogP contribution in [0.2, 0.25) is 5.02 Å². The van der Waals surface area contributed by atoms with Crippen LogP contribution in [0.5, 0.6) is 0 Å². The Balaban J connectivity index is 2.20. The van der Waals surface area contributed by atoms with Crippen LogP contribution in [0.15, 0.2) is 44.8 Å². The second-order valence-electron chi connectivity index (χ2n) is 4.29. The molecule has 2 rings (SSSR count). The van der Waals surface area contributed by atoms with Crippen molar-refractivity contribution in [3.8, 4) is 0 Å². The first-order valence-corrected chi connectivity index (χ1v) is 7.96. The summed E-state index contributed by atoms with van der Waals surface area (Å²) in [6.07, 6.45) is 0. The molecule has 1 aromatic carbocycles. The van der Waals surface area contributed by atoms with Crippen LogP contribution in [-0.4, -0.2) is 6.04 Å². The Labute approximate surface area is 122 Å². The molecule has 4 heteroatoms. The summed E-state index contributed by atoms with van der Waals surface area (Å²) in [4.78, 5) is 1.23. The van der Waals surface area contributed by atoms with Crippen LogP contribution in [-0.2, 0) is 6.54 Å². The molecule has 0 aliphatic heterocycles. The van der Waals surface area contributed by atoms with Gasteiger partial charge >= 0.3 is 0 Å². The van der Waals surface area contributed by atoms with Gasteiger partial charge < -0.3 is 5.32 Å². The molecule has 0 atom stereocenters. The number of hydrogen-bond donors (Lipinski definition) is 1. The molecule has 0 amide bonds. The van der Waals surface area contributed by atoms with Crippen molar-refractivity contribution < 1.29 is 0 Å². The van der Waals surface area contributed by atoms with Crippen molar-refractivity contribution in [3.05, 3.63) is 46.3 Å². The smallest absolute Gasteiger partial charge is 0.0646 e. The molecule has 1 nitrogen and oxygen atoms in total. The van der Waals surface area contributed by atoms with Gasteiger partial charge in [0.2, 0.25) is 0 Å². The lowest BCUT2D eigenvalue weighted by Gasteiger charge is -2.13. The van der Waals surface area contributed by atoms with Crippen LogP contribution in [0, 0.1) is 0 Å². The predicted molar refractivity (Wildman–Crippen MR) is 81.9 cm³/mol. The first kappa shape index (κ1) is 13.9. The number of thiophene rings is 1. The van der Waals surface area contributed by atoms with E-state index in [0.29, 0.717) is 6.04 Å². The first-order valence-electron chi connectivity index (χ1n) is 5.89. The van der Waals surface area contributed by atoms with E-state index in [1.165, 1.54) is 14.7 Å². The highest BCUT2D eigenvalue weighted by molar-refractivity contribution is 8.01. The molecule has 1 heterocycles. The highest BCUT2D eigenvalue weighted by atomic mass is 35.5. The van der Waals surface area contributed by atoms with Gasteiger partial charge in [-0.15, -0.1) is 11.3 Å². The van der Waals surface area contributed by atoms with Crippen molar-refractivity contribution in [2.75, 3.05) is 0 Å². The summed E-state index contributed by atoms with van der Waals surface area (Å²) in [5.41, 5.74) is 1.19. The fraction of sp³-hybridized carbons (Fsp3) is 0.286. The molecule has 18 heavy (non-hydrogen) atoms. The minimum atomic E-state index is 0.459. The second-order valence-corrected chi connectivity index (χ2v) is 6.98. The van der Waals surface area contributed by atoms with Crippen LogP contribution in [0.25, 0.3) is 0 Å². The molecular formula is C14H16ClNS2. The summed E-state index contributed by atoms with van der Waals surface area (Å²) >= 11 is 9.84. The fourth-order valence-electron chi connectivity index (χ4n) is 1.54. The molecule has 0 spiro atoms. The summed E-state index contributed by atoms with van der Waals surface area (Å²) in [6.45, 7) is 5.09. The monoisotopic (exact) mass is 297 g/mol. The van der Waals surface area contributed by atoms with Crippen LogP contribution >= 0.6 is 34.7 Å². The van der Waals surface area contributed by atoms with Crippen LogP contribution < -0.4 is 5.32 Å². The van der Waals surface area contributed by atoms with Crippen LogP contribution in [0.3, 0.4) is 0 Å². The molecule has 0 unspecified atom stereocenters. The lowest BCUT2D eigenvalue weighted by Crippen LogP contribution is -2.22. The molecule has 1 aromatic heterocycles. The quantitative estimate of drug-likeness (QED) is 0.829. The Kier molecular flexibility index (Phi) is 5.13. The molecule has 0 saturated heterocycles. The van der Waals surface area contributed by atoms with Gasteiger partial charge in [0, 0.05) is 22.5 Å². The van der Waals surface area contributed by atoms with E-state index in [1.807, 2.05) is 12.1 Å². The number of rotatable bonds is 5. The van der Waals surface area contributed by atoms with Crippen LogP contribution in [0.4, 0.5) is 0 Å². The van der Waals surface area contributed by atoms with E-state index in [0.717, 1.165) is 11.6 Å². The third-order valence-corrected chi connectivity index (χ3v) is 4.96. The standard InChI is InChI=1S/C14H16ClNS2/c1-10(2)16-9-11-12(15)5-3-6-13(11)18-14-7-4-8-17-14/h3-8,10,16H,9H2,1-2H3. The van der Waals surface area contributed by atoms with E-state index in [1.54, 1.807) is 23.1 Å². The maximum absolute atomic E-state index is 6.30. The van der Waals surface area contributed by atoms with Gasteiger partial charge in [-0.25, -0.2) is 0 Å². The van der Waals surface area contributed by atoms with E-state index in [9.17, 15) is 0 Å². The van der Waals surface area contributed by atoms with E-state index < -0.39 is 0 Å². The zero-order valence-electron chi connectivity index (χ0n) is 10.4. The van der Waals surface area contributed by atoms with Crippen LogP contribution in [0.1, 0.15) is 19.4 Å². The third-order valence-electron chi connectivity index (χ3n) is 2.47. The average molecular weight is 298 g/mol. The summed E-state index contributed by atoms with van der Waals surface area (Å²) in [5, 5.41) is 6.36. The molecule has 0 aliphatic rings. The molecule has 1 N–H and O–H groups in total. The Bertz CT molecular complexity index is 495. The molecule has 0 radical (unpaired) electrons. The summed E-state index contributed by atoms with van der Waals surface area (Å²) < 4.78 is 1.29. The number of benzene rings is 1. The minimum Gasteiger partial charge on any atom is -0.310 e.